The number of aliphatic hydroxyl groups is 2. The second-order valence-electron chi connectivity index (χ2n) is 3.59. The van der Waals surface area contributed by atoms with Crippen molar-refractivity contribution in [2.45, 2.75) is 11.7 Å². The molecule has 18 heavy (non-hydrogen) atoms. The van der Waals surface area contributed by atoms with E-state index in [2.05, 4.69) is 0 Å². The lowest BCUT2D eigenvalue weighted by molar-refractivity contribution is 0.203. The summed E-state index contributed by atoms with van der Waals surface area (Å²) in [5.41, 5.74) is -0.241. The summed E-state index contributed by atoms with van der Waals surface area (Å²) >= 11 is 0. The van der Waals surface area contributed by atoms with Gasteiger partial charge in [0.1, 0.15) is 0 Å². The first-order valence-corrected chi connectivity index (χ1v) is 7.96. The minimum Gasteiger partial charge on any atom is -0.376 e. The van der Waals surface area contributed by atoms with Gasteiger partial charge in [0.15, 0.2) is 11.7 Å². The SMILES string of the molecule is O=P(O)(O)C(O)c1ccc(C(O)P(=O)(O)O)cc1. The largest absolute Gasteiger partial charge is 0.376 e. The number of rotatable bonds is 4. The van der Waals surface area contributed by atoms with Crippen molar-refractivity contribution in [2.75, 3.05) is 0 Å². The third kappa shape index (κ3) is 3.71. The van der Waals surface area contributed by atoms with Crippen LogP contribution in [0.2, 0.25) is 0 Å². The zero-order chi connectivity index (χ0) is 14.1. The Balaban J connectivity index is 3.01. The fraction of sp³-hybridized carbons (Fsp3) is 0.250. The minimum atomic E-state index is -4.71. The van der Waals surface area contributed by atoms with Gasteiger partial charge in [-0.15, -0.1) is 0 Å². The first kappa shape index (κ1) is 15.5. The molecule has 8 nitrogen and oxygen atoms in total. The van der Waals surface area contributed by atoms with Crippen molar-refractivity contribution < 1.29 is 38.9 Å². The minimum absolute atomic E-state index is 0.120. The van der Waals surface area contributed by atoms with E-state index in [4.69, 9.17) is 19.6 Å². The molecule has 0 saturated heterocycles. The van der Waals surface area contributed by atoms with Gasteiger partial charge in [0, 0.05) is 0 Å². The van der Waals surface area contributed by atoms with E-state index in [9.17, 15) is 19.3 Å². The molecular weight excluding hydrogens is 286 g/mol. The van der Waals surface area contributed by atoms with Gasteiger partial charge in [-0.05, 0) is 11.1 Å². The van der Waals surface area contributed by atoms with Crippen molar-refractivity contribution in [2.24, 2.45) is 0 Å². The summed E-state index contributed by atoms with van der Waals surface area (Å²) in [6, 6.07) is 4.27. The maximum atomic E-state index is 10.8. The van der Waals surface area contributed by atoms with Crippen LogP contribution in [0.5, 0.6) is 0 Å². The van der Waals surface area contributed by atoms with Gasteiger partial charge < -0.3 is 29.8 Å². The highest BCUT2D eigenvalue weighted by Gasteiger charge is 2.30. The average Bonchev–Trinajstić information content (AvgIpc) is 2.25. The summed E-state index contributed by atoms with van der Waals surface area (Å²) in [7, 11) is -9.42. The summed E-state index contributed by atoms with van der Waals surface area (Å²) in [6.45, 7) is 0. The maximum absolute atomic E-state index is 10.8. The first-order valence-electron chi connectivity index (χ1n) is 4.60. The number of aliphatic hydroxyl groups excluding tert-OH is 2. The molecule has 0 fully saturated rings. The van der Waals surface area contributed by atoms with Gasteiger partial charge in [-0.25, -0.2) is 0 Å². The highest BCUT2D eigenvalue weighted by Crippen LogP contribution is 2.51. The Bertz CT molecular complexity index is 453. The number of hydrogen-bond donors (Lipinski definition) is 6. The Morgan fingerprint density at radius 3 is 1.11 bits per heavy atom. The molecule has 6 N–H and O–H groups in total. The van der Waals surface area contributed by atoms with Crippen LogP contribution in [0, 0.1) is 0 Å². The van der Waals surface area contributed by atoms with Gasteiger partial charge in [0.2, 0.25) is 0 Å². The van der Waals surface area contributed by atoms with Crippen molar-refractivity contribution >= 4 is 15.2 Å². The fourth-order valence-corrected chi connectivity index (χ4v) is 2.35. The molecule has 1 aromatic rings. The van der Waals surface area contributed by atoms with Crippen LogP contribution in [0.25, 0.3) is 0 Å². The Hall–Kier alpha value is -0.560. The topological polar surface area (TPSA) is 156 Å². The Morgan fingerprint density at radius 2 is 0.944 bits per heavy atom. The third-order valence-electron chi connectivity index (χ3n) is 2.17. The molecule has 0 aliphatic heterocycles. The van der Waals surface area contributed by atoms with Crippen LogP contribution >= 0.6 is 15.2 Å². The molecule has 0 aliphatic carbocycles. The van der Waals surface area contributed by atoms with Crippen molar-refractivity contribution in [1.29, 1.82) is 0 Å². The van der Waals surface area contributed by atoms with E-state index < -0.39 is 26.9 Å². The summed E-state index contributed by atoms with van der Waals surface area (Å²) in [5, 5.41) is 18.5. The Morgan fingerprint density at radius 1 is 0.722 bits per heavy atom. The molecule has 102 valence electrons. The molecule has 1 rings (SSSR count). The van der Waals surface area contributed by atoms with Gasteiger partial charge in [-0.2, -0.15) is 0 Å². The second kappa shape index (κ2) is 5.21. The van der Waals surface area contributed by atoms with Crippen LogP contribution in [0.4, 0.5) is 0 Å². The Kier molecular flexibility index (Phi) is 4.48. The van der Waals surface area contributed by atoms with E-state index in [1.807, 2.05) is 0 Å². The second-order valence-corrected chi connectivity index (χ2v) is 6.93. The van der Waals surface area contributed by atoms with Crippen LogP contribution in [0.3, 0.4) is 0 Å². The van der Waals surface area contributed by atoms with Crippen molar-refractivity contribution in [3.05, 3.63) is 35.4 Å². The van der Waals surface area contributed by atoms with Crippen molar-refractivity contribution in [3.8, 4) is 0 Å². The fourth-order valence-electron chi connectivity index (χ4n) is 1.23. The molecule has 0 aliphatic rings. The summed E-state index contributed by atoms with van der Waals surface area (Å²) < 4.78 is 21.6. The molecule has 10 heteroatoms. The maximum Gasteiger partial charge on any atom is 0.358 e. The summed E-state index contributed by atoms with van der Waals surface area (Å²) in [4.78, 5) is 34.9. The molecule has 0 saturated carbocycles. The van der Waals surface area contributed by atoms with Crippen LogP contribution in [-0.2, 0) is 9.13 Å². The zero-order valence-electron chi connectivity index (χ0n) is 8.86. The van der Waals surface area contributed by atoms with Crippen molar-refractivity contribution in [3.63, 3.8) is 0 Å². The molecule has 0 heterocycles. The molecule has 0 radical (unpaired) electrons. The van der Waals surface area contributed by atoms with E-state index in [0.717, 1.165) is 24.3 Å². The Labute approximate surface area is 102 Å². The van der Waals surface area contributed by atoms with E-state index >= 15 is 0 Å². The quantitative estimate of drug-likeness (QED) is 0.425. The van der Waals surface area contributed by atoms with E-state index in [1.54, 1.807) is 0 Å². The molecule has 2 atom stereocenters. The highest BCUT2D eigenvalue weighted by molar-refractivity contribution is 7.52. The monoisotopic (exact) mass is 298 g/mol. The normalized spacial score (nSPS) is 16.3. The summed E-state index contributed by atoms with van der Waals surface area (Å²) in [6.07, 6.45) is 0. The molecule has 0 amide bonds. The smallest absolute Gasteiger partial charge is 0.358 e. The van der Waals surface area contributed by atoms with Gasteiger partial charge in [0.25, 0.3) is 0 Å². The standard InChI is InChI=1S/C8H12O8P2/c9-7(17(11,12)13)5-1-2-6(4-3-5)8(10)18(14,15)16/h1-4,7-10H,(H2,11,12,13)(H2,14,15,16). The lowest BCUT2D eigenvalue weighted by Crippen LogP contribution is -2.01. The molecule has 1 aromatic carbocycles. The zero-order valence-corrected chi connectivity index (χ0v) is 10.6. The lowest BCUT2D eigenvalue weighted by atomic mass is 10.1. The number of benzene rings is 1. The van der Waals surface area contributed by atoms with Crippen molar-refractivity contribution in [1.82, 2.24) is 0 Å². The van der Waals surface area contributed by atoms with E-state index in [-0.39, 0.29) is 11.1 Å². The van der Waals surface area contributed by atoms with Gasteiger partial charge in [-0.3, -0.25) is 9.13 Å². The predicted molar refractivity (Wildman–Crippen MR) is 60.4 cm³/mol. The first-order chi connectivity index (χ1) is 8.03. The summed E-state index contributed by atoms with van der Waals surface area (Å²) in [5.74, 6) is -4.03. The lowest BCUT2D eigenvalue weighted by Gasteiger charge is -2.15. The molecule has 2 unspecified atom stereocenters. The molecule has 0 spiro atoms. The van der Waals surface area contributed by atoms with Crippen LogP contribution < -0.4 is 0 Å². The molecular formula is C8H12O8P2. The molecule has 0 bridgehead atoms. The van der Waals surface area contributed by atoms with Crippen LogP contribution in [-0.4, -0.2) is 29.8 Å². The predicted octanol–water partition coefficient (Wildman–Crippen LogP) is 0.0238. The van der Waals surface area contributed by atoms with Gasteiger partial charge >= 0.3 is 15.2 Å². The van der Waals surface area contributed by atoms with Crippen LogP contribution in [0.1, 0.15) is 22.8 Å². The number of hydrogen-bond acceptors (Lipinski definition) is 4. The average molecular weight is 298 g/mol. The molecule has 0 aromatic heterocycles. The van der Waals surface area contributed by atoms with E-state index in [1.165, 1.54) is 0 Å². The van der Waals surface area contributed by atoms with Gasteiger partial charge in [-0.1, -0.05) is 24.3 Å². The third-order valence-corrected chi connectivity index (χ3v) is 4.04. The van der Waals surface area contributed by atoms with Gasteiger partial charge in [0.05, 0.1) is 0 Å². The highest BCUT2D eigenvalue weighted by atomic mass is 31.2. The van der Waals surface area contributed by atoms with E-state index in [0.29, 0.717) is 0 Å². The van der Waals surface area contributed by atoms with Crippen LogP contribution in [0.15, 0.2) is 24.3 Å².